The van der Waals surface area contributed by atoms with Gasteiger partial charge in [0, 0.05) is 11.3 Å². The Hall–Kier alpha value is -1.05. The Kier molecular flexibility index (Phi) is 2.13. The van der Waals surface area contributed by atoms with E-state index in [2.05, 4.69) is 25.7 Å². The number of carbonyl (C=O) groups is 1. The van der Waals surface area contributed by atoms with E-state index in [4.69, 9.17) is 0 Å². The van der Waals surface area contributed by atoms with Crippen LogP contribution in [-0.4, -0.2) is 5.91 Å². The van der Waals surface area contributed by atoms with Gasteiger partial charge in [0.2, 0.25) is 0 Å². The zero-order valence-electron chi connectivity index (χ0n) is 6.98. The highest BCUT2D eigenvalue weighted by Gasteiger charge is 2.17. The molecule has 0 unspecified atom stereocenters. The summed E-state index contributed by atoms with van der Waals surface area (Å²) < 4.78 is 0. The molecule has 0 bridgehead atoms. The van der Waals surface area contributed by atoms with Gasteiger partial charge in [0.15, 0.2) is 0 Å². The van der Waals surface area contributed by atoms with Crippen LogP contribution in [0, 0.1) is 5.92 Å². The minimum atomic E-state index is 0.0173. The summed E-state index contributed by atoms with van der Waals surface area (Å²) in [6.07, 6.45) is 2.66. The van der Waals surface area contributed by atoms with E-state index in [1.54, 1.807) is 0 Å². The van der Waals surface area contributed by atoms with Gasteiger partial charge in [-0.3, -0.25) is 4.79 Å². The van der Waals surface area contributed by atoms with Gasteiger partial charge < -0.3 is 5.32 Å². The second-order valence-electron chi connectivity index (χ2n) is 3.25. The Morgan fingerprint density at radius 1 is 1.64 bits per heavy atom. The first-order valence-electron chi connectivity index (χ1n) is 3.80. The predicted octanol–water partition coefficient (Wildman–Crippen LogP) is 1.60. The molecule has 1 aliphatic heterocycles. The van der Waals surface area contributed by atoms with Gasteiger partial charge in [0.1, 0.15) is 0 Å². The van der Waals surface area contributed by atoms with Gasteiger partial charge in [0.05, 0.1) is 0 Å². The highest BCUT2D eigenvalue weighted by molar-refractivity contribution is 5.98. The smallest absolute Gasteiger partial charge is 0.251 e. The second-order valence-corrected chi connectivity index (χ2v) is 3.25. The number of hydrogen-bond acceptors (Lipinski definition) is 1. The Balaban J connectivity index is 2.64. The predicted molar refractivity (Wildman–Crippen MR) is 44.8 cm³/mol. The average Bonchev–Trinajstić information content (AvgIpc) is 2.09. The van der Waals surface area contributed by atoms with E-state index in [1.165, 1.54) is 0 Å². The average molecular weight is 151 g/mol. The third-order valence-electron chi connectivity index (χ3n) is 1.54. The summed E-state index contributed by atoms with van der Waals surface area (Å²) >= 11 is 0. The fraction of sp³-hybridized carbons (Fsp3) is 0.444. The quantitative estimate of drug-likeness (QED) is 0.638. The summed E-state index contributed by atoms with van der Waals surface area (Å²) in [6.45, 7) is 7.84. The van der Waals surface area contributed by atoms with Crippen molar-refractivity contribution in [3.8, 4) is 0 Å². The van der Waals surface area contributed by atoms with E-state index in [1.807, 2.05) is 6.08 Å². The largest absolute Gasteiger partial charge is 0.323 e. The Labute approximate surface area is 67.0 Å². The van der Waals surface area contributed by atoms with Crippen LogP contribution in [0.5, 0.6) is 0 Å². The molecule has 0 atom stereocenters. The van der Waals surface area contributed by atoms with Crippen LogP contribution in [0.15, 0.2) is 23.9 Å². The molecule has 2 nitrogen and oxygen atoms in total. The van der Waals surface area contributed by atoms with Gasteiger partial charge in [-0.25, -0.2) is 0 Å². The van der Waals surface area contributed by atoms with Crippen molar-refractivity contribution < 1.29 is 4.79 Å². The summed E-state index contributed by atoms with van der Waals surface area (Å²) in [5, 5.41) is 2.65. The first kappa shape index (κ1) is 8.05. The van der Waals surface area contributed by atoms with Gasteiger partial charge in [-0.2, -0.15) is 0 Å². The lowest BCUT2D eigenvalue weighted by Crippen LogP contribution is -2.16. The Morgan fingerprint density at radius 2 is 2.27 bits per heavy atom. The lowest BCUT2D eigenvalue weighted by molar-refractivity contribution is -0.116. The lowest BCUT2D eigenvalue weighted by atomic mass is 10.0. The monoisotopic (exact) mass is 151 g/mol. The maximum atomic E-state index is 11.1. The van der Waals surface area contributed by atoms with Crippen LogP contribution in [0.4, 0.5) is 0 Å². The first-order chi connectivity index (χ1) is 5.09. The van der Waals surface area contributed by atoms with Crippen LogP contribution < -0.4 is 5.32 Å². The van der Waals surface area contributed by atoms with Crippen molar-refractivity contribution in [2.75, 3.05) is 0 Å². The minimum absolute atomic E-state index is 0.0173. The maximum absolute atomic E-state index is 11.1. The summed E-state index contributed by atoms with van der Waals surface area (Å²) in [5.74, 6) is 0.543. The fourth-order valence-electron chi connectivity index (χ4n) is 1.13. The number of hydrogen-bond donors (Lipinski definition) is 1. The third-order valence-corrected chi connectivity index (χ3v) is 1.54. The molecular formula is C9H13NO. The van der Waals surface area contributed by atoms with Crippen molar-refractivity contribution in [1.82, 2.24) is 5.32 Å². The highest BCUT2D eigenvalue weighted by atomic mass is 16.1. The van der Waals surface area contributed by atoms with Crippen molar-refractivity contribution in [2.45, 2.75) is 20.3 Å². The molecule has 1 heterocycles. The minimum Gasteiger partial charge on any atom is -0.323 e. The van der Waals surface area contributed by atoms with Crippen LogP contribution in [0.2, 0.25) is 0 Å². The normalized spacial score (nSPS) is 17.2. The van der Waals surface area contributed by atoms with Crippen molar-refractivity contribution in [2.24, 2.45) is 5.92 Å². The first-order valence-corrected chi connectivity index (χ1v) is 3.80. The molecule has 0 fully saturated rings. The molecule has 0 spiro atoms. The van der Waals surface area contributed by atoms with Crippen LogP contribution in [0.25, 0.3) is 0 Å². The van der Waals surface area contributed by atoms with Gasteiger partial charge in [-0.1, -0.05) is 20.4 Å². The summed E-state index contributed by atoms with van der Waals surface area (Å²) in [7, 11) is 0. The second kappa shape index (κ2) is 2.91. The number of carbonyl (C=O) groups excluding carboxylic acids is 1. The topological polar surface area (TPSA) is 29.1 Å². The zero-order valence-corrected chi connectivity index (χ0v) is 6.98. The SMILES string of the molecule is C=C1C=C(CC(C)C)C(=O)N1. The van der Waals surface area contributed by atoms with Crippen molar-refractivity contribution >= 4 is 5.91 Å². The molecule has 0 saturated carbocycles. The molecule has 1 N–H and O–H groups in total. The maximum Gasteiger partial charge on any atom is 0.251 e. The Morgan fingerprint density at radius 3 is 2.64 bits per heavy atom. The third kappa shape index (κ3) is 1.93. The van der Waals surface area contributed by atoms with Crippen molar-refractivity contribution in [3.63, 3.8) is 0 Å². The van der Waals surface area contributed by atoms with Crippen molar-refractivity contribution in [3.05, 3.63) is 23.9 Å². The standard InChI is InChI=1S/C9H13NO/c1-6(2)4-8-5-7(3)10-9(8)11/h5-6H,3-4H2,1-2H3,(H,10,11). The van der Waals surface area contributed by atoms with Gasteiger partial charge in [-0.05, 0) is 18.4 Å². The molecule has 1 amide bonds. The number of allylic oxidation sites excluding steroid dienone is 1. The lowest BCUT2D eigenvalue weighted by Gasteiger charge is -2.02. The molecule has 0 saturated heterocycles. The number of amides is 1. The molecule has 2 heteroatoms. The Bertz CT molecular complexity index is 226. The van der Waals surface area contributed by atoms with Crippen LogP contribution in [0.1, 0.15) is 20.3 Å². The molecule has 1 aliphatic rings. The van der Waals surface area contributed by atoms with E-state index >= 15 is 0 Å². The van der Waals surface area contributed by atoms with E-state index in [9.17, 15) is 4.79 Å². The zero-order chi connectivity index (χ0) is 8.43. The van der Waals surface area contributed by atoms with E-state index < -0.39 is 0 Å². The molecular weight excluding hydrogens is 138 g/mol. The van der Waals surface area contributed by atoms with Crippen LogP contribution >= 0.6 is 0 Å². The van der Waals surface area contributed by atoms with Crippen molar-refractivity contribution in [1.29, 1.82) is 0 Å². The van der Waals surface area contributed by atoms with Gasteiger partial charge in [-0.15, -0.1) is 0 Å². The number of rotatable bonds is 2. The summed E-state index contributed by atoms with van der Waals surface area (Å²) in [4.78, 5) is 11.1. The molecule has 1 rings (SSSR count). The van der Waals surface area contributed by atoms with Gasteiger partial charge >= 0.3 is 0 Å². The molecule has 0 radical (unpaired) electrons. The molecule has 11 heavy (non-hydrogen) atoms. The van der Waals surface area contributed by atoms with E-state index in [-0.39, 0.29) is 5.91 Å². The fourth-order valence-corrected chi connectivity index (χ4v) is 1.13. The summed E-state index contributed by atoms with van der Waals surface area (Å²) in [6, 6.07) is 0. The number of nitrogens with one attached hydrogen (secondary N) is 1. The molecule has 0 aliphatic carbocycles. The van der Waals surface area contributed by atoms with E-state index in [0.29, 0.717) is 11.6 Å². The molecule has 60 valence electrons. The molecule has 0 aromatic carbocycles. The highest BCUT2D eigenvalue weighted by Crippen LogP contribution is 2.16. The van der Waals surface area contributed by atoms with Gasteiger partial charge in [0.25, 0.3) is 5.91 Å². The summed E-state index contributed by atoms with van der Waals surface area (Å²) in [5.41, 5.74) is 1.57. The van der Waals surface area contributed by atoms with Crippen LogP contribution in [-0.2, 0) is 4.79 Å². The van der Waals surface area contributed by atoms with Crippen LogP contribution in [0.3, 0.4) is 0 Å². The van der Waals surface area contributed by atoms with E-state index in [0.717, 1.165) is 12.0 Å². The molecule has 0 aromatic heterocycles. The molecule has 0 aromatic rings.